The van der Waals surface area contributed by atoms with Crippen LogP contribution in [0.4, 0.5) is 17.1 Å². The Morgan fingerprint density at radius 3 is 2.35 bits per heavy atom. The van der Waals surface area contributed by atoms with Crippen LogP contribution in [0.2, 0.25) is 0 Å². The summed E-state index contributed by atoms with van der Waals surface area (Å²) in [5.41, 5.74) is 4.29. The number of benzene rings is 2. The number of hydrogen-bond donors (Lipinski definition) is 1. The second-order valence-electron chi connectivity index (χ2n) is 5.17. The average molecular weight is 368 g/mol. The Labute approximate surface area is 151 Å². The molecule has 1 N–H and O–H groups in total. The number of nitro groups is 2. The molecule has 9 heteroatoms. The zero-order valence-corrected chi connectivity index (χ0v) is 14.1. The van der Waals surface area contributed by atoms with E-state index in [1.807, 2.05) is 47.2 Å². The van der Waals surface area contributed by atoms with Gasteiger partial charge >= 0.3 is 5.69 Å². The molecular weight excluding hydrogens is 356 g/mol. The van der Waals surface area contributed by atoms with E-state index in [1.54, 1.807) is 0 Å². The Morgan fingerprint density at radius 1 is 0.962 bits per heavy atom. The van der Waals surface area contributed by atoms with Gasteiger partial charge in [0.15, 0.2) is 0 Å². The molecule has 26 heavy (non-hydrogen) atoms. The second kappa shape index (κ2) is 7.53. The topological polar surface area (TPSA) is 111 Å². The molecule has 0 atom stereocenters. The number of nitrogens with zero attached hydrogens (tertiary/aromatic N) is 3. The van der Waals surface area contributed by atoms with Crippen molar-refractivity contribution in [2.45, 2.75) is 0 Å². The average Bonchev–Trinajstić information content (AvgIpc) is 3.17. The van der Waals surface area contributed by atoms with E-state index in [0.717, 1.165) is 17.2 Å². The minimum Gasteiger partial charge on any atom is -0.271 e. The summed E-state index contributed by atoms with van der Waals surface area (Å²) in [4.78, 5) is 20.7. The zero-order chi connectivity index (χ0) is 18.5. The molecule has 8 nitrogen and oxygen atoms in total. The lowest BCUT2D eigenvalue weighted by molar-refractivity contribution is -0.393. The number of rotatable bonds is 6. The predicted molar refractivity (Wildman–Crippen MR) is 99.8 cm³/mol. The molecule has 3 rings (SSSR count). The molecule has 0 amide bonds. The molecule has 0 unspecified atom stereocenters. The van der Waals surface area contributed by atoms with Crippen molar-refractivity contribution in [3.05, 3.63) is 96.7 Å². The lowest BCUT2D eigenvalue weighted by Crippen LogP contribution is -2.06. The maximum Gasteiger partial charge on any atom is 0.301 e. The third-order valence-electron chi connectivity index (χ3n) is 3.52. The first-order valence-corrected chi connectivity index (χ1v) is 8.35. The van der Waals surface area contributed by atoms with Crippen LogP contribution in [-0.4, -0.2) is 15.6 Å². The molecule has 0 saturated heterocycles. The van der Waals surface area contributed by atoms with Gasteiger partial charge in [0.2, 0.25) is 0 Å². The highest BCUT2D eigenvalue weighted by Gasteiger charge is 2.19. The SMILES string of the molecule is O=[N+]([O-])c1ccc(N/N=C(\c2ccccc2)c2ccsc2)c([N+](=O)[O-])c1. The zero-order valence-electron chi connectivity index (χ0n) is 13.2. The minimum atomic E-state index is -0.683. The van der Waals surface area contributed by atoms with E-state index in [2.05, 4.69) is 10.5 Å². The summed E-state index contributed by atoms with van der Waals surface area (Å²) < 4.78 is 0. The molecule has 0 spiro atoms. The molecule has 130 valence electrons. The summed E-state index contributed by atoms with van der Waals surface area (Å²) >= 11 is 1.51. The van der Waals surface area contributed by atoms with Gasteiger partial charge in [0, 0.05) is 22.6 Å². The number of hydrazone groups is 1. The van der Waals surface area contributed by atoms with Crippen LogP contribution in [0.5, 0.6) is 0 Å². The van der Waals surface area contributed by atoms with Crippen LogP contribution in [0.1, 0.15) is 11.1 Å². The molecule has 1 heterocycles. The highest BCUT2D eigenvalue weighted by atomic mass is 32.1. The van der Waals surface area contributed by atoms with E-state index in [0.29, 0.717) is 5.71 Å². The van der Waals surface area contributed by atoms with Crippen molar-refractivity contribution in [3.63, 3.8) is 0 Å². The maximum atomic E-state index is 11.2. The summed E-state index contributed by atoms with van der Waals surface area (Å²) in [6, 6.07) is 14.6. The quantitative estimate of drug-likeness (QED) is 0.393. The van der Waals surface area contributed by atoms with Crippen LogP contribution >= 0.6 is 11.3 Å². The highest BCUT2D eigenvalue weighted by Crippen LogP contribution is 2.29. The third-order valence-corrected chi connectivity index (χ3v) is 4.20. The van der Waals surface area contributed by atoms with Crippen molar-refractivity contribution in [1.29, 1.82) is 0 Å². The fraction of sp³-hybridized carbons (Fsp3) is 0. The Morgan fingerprint density at radius 2 is 1.73 bits per heavy atom. The molecule has 3 aromatic rings. The van der Waals surface area contributed by atoms with Crippen molar-refractivity contribution < 1.29 is 9.85 Å². The largest absolute Gasteiger partial charge is 0.301 e. The fourth-order valence-corrected chi connectivity index (χ4v) is 2.93. The molecule has 1 aromatic heterocycles. The number of hydrogen-bond acceptors (Lipinski definition) is 7. The Balaban J connectivity index is 2.01. The molecule has 0 aliphatic heterocycles. The van der Waals surface area contributed by atoms with Crippen LogP contribution in [0.3, 0.4) is 0 Å². The molecule has 0 radical (unpaired) electrons. The van der Waals surface area contributed by atoms with Gasteiger partial charge in [-0.05, 0) is 17.5 Å². The third kappa shape index (κ3) is 3.73. The van der Waals surface area contributed by atoms with Crippen molar-refractivity contribution >= 4 is 34.1 Å². The van der Waals surface area contributed by atoms with Crippen molar-refractivity contribution in [2.75, 3.05) is 5.43 Å². The van der Waals surface area contributed by atoms with Gasteiger partial charge in [-0.2, -0.15) is 16.4 Å². The molecule has 0 aliphatic carbocycles. The molecule has 2 aromatic carbocycles. The first-order chi connectivity index (χ1) is 12.6. The van der Waals surface area contributed by atoms with E-state index < -0.39 is 15.5 Å². The van der Waals surface area contributed by atoms with Gasteiger partial charge in [-0.15, -0.1) is 0 Å². The molecule has 0 fully saturated rings. The van der Waals surface area contributed by atoms with Gasteiger partial charge < -0.3 is 0 Å². The van der Waals surface area contributed by atoms with Gasteiger partial charge in [0.05, 0.1) is 21.6 Å². The van der Waals surface area contributed by atoms with Gasteiger partial charge in [-0.3, -0.25) is 25.7 Å². The fourth-order valence-electron chi connectivity index (χ4n) is 2.29. The number of non-ortho nitro benzene ring substituents is 1. The van der Waals surface area contributed by atoms with Crippen LogP contribution in [0.15, 0.2) is 70.5 Å². The Hall–Kier alpha value is -3.59. The summed E-state index contributed by atoms with van der Waals surface area (Å²) in [5.74, 6) is 0. The van der Waals surface area contributed by atoms with E-state index in [9.17, 15) is 20.2 Å². The van der Waals surface area contributed by atoms with Crippen LogP contribution < -0.4 is 5.43 Å². The van der Waals surface area contributed by atoms with Gasteiger partial charge in [-0.25, -0.2) is 0 Å². The van der Waals surface area contributed by atoms with Gasteiger partial charge in [-0.1, -0.05) is 30.3 Å². The number of anilines is 1. The maximum absolute atomic E-state index is 11.2. The van der Waals surface area contributed by atoms with E-state index in [4.69, 9.17) is 0 Å². The molecule has 0 saturated carbocycles. The van der Waals surface area contributed by atoms with Gasteiger partial charge in [0.25, 0.3) is 5.69 Å². The minimum absolute atomic E-state index is 0.0734. The van der Waals surface area contributed by atoms with Crippen molar-refractivity contribution in [1.82, 2.24) is 0 Å². The molecule has 0 aliphatic rings. The normalized spacial score (nSPS) is 11.2. The lowest BCUT2D eigenvalue weighted by Gasteiger charge is -2.07. The summed E-state index contributed by atoms with van der Waals surface area (Å²) in [6.45, 7) is 0. The van der Waals surface area contributed by atoms with E-state index in [-0.39, 0.29) is 11.4 Å². The van der Waals surface area contributed by atoms with E-state index in [1.165, 1.54) is 23.5 Å². The van der Waals surface area contributed by atoms with Crippen LogP contribution in [0.25, 0.3) is 0 Å². The number of thiophene rings is 1. The summed E-state index contributed by atoms with van der Waals surface area (Å²) in [6.07, 6.45) is 0. The van der Waals surface area contributed by atoms with Gasteiger partial charge in [0.1, 0.15) is 5.69 Å². The van der Waals surface area contributed by atoms with E-state index >= 15 is 0 Å². The van der Waals surface area contributed by atoms with Crippen LogP contribution in [-0.2, 0) is 0 Å². The first kappa shape index (κ1) is 17.2. The van der Waals surface area contributed by atoms with Crippen LogP contribution in [0, 0.1) is 20.2 Å². The smallest absolute Gasteiger partial charge is 0.271 e. The van der Waals surface area contributed by atoms with Crippen molar-refractivity contribution in [3.8, 4) is 0 Å². The Bertz CT molecular complexity index is 972. The lowest BCUT2D eigenvalue weighted by atomic mass is 10.1. The predicted octanol–water partition coefficient (Wildman–Crippen LogP) is 4.43. The standard InChI is InChI=1S/C17H12N4O4S/c22-20(23)14-6-7-15(16(10-14)21(24)25)18-19-17(13-8-9-26-11-13)12-4-2-1-3-5-12/h1-11,18H/b19-17+. The number of nitro benzene ring substituents is 2. The highest BCUT2D eigenvalue weighted by molar-refractivity contribution is 7.08. The molecular formula is C17H12N4O4S. The van der Waals surface area contributed by atoms with Crippen molar-refractivity contribution in [2.24, 2.45) is 5.10 Å². The first-order valence-electron chi connectivity index (χ1n) is 7.41. The summed E-state index contributed by atoms with van der Waals surface area (Å²) in [5, 5.41) is 30.2. The molecule has 0 bridgehead atoms. The second-order valence-corrected chi connectivity index (χ2v) is 5.95. The number of nitrogens with one attached hydrogen (secondary N) is 1. The Kier molecular flexibility index (Phi) is 4.99. The summed E-state index contributed by atoms with van der Waals surface area (Å²) in [7, 11) is 0. The monoisotopic (exact) mass is 368 g/mol.